The minimum atomic E-state index is -0.411. The number of hydrogen-bond donors (Lipinski definition) is 2. The number of hydrogen-bond acceptors (Lipinski definition) is 4. The fourth-order valence-electron chi connectivity index (χ4n) is 2.51. The summed E-state index contributed by atoms with van der Waals surface area (Å²) < 4.78 is 5.79. The lowest BCUT2D eigenvalue weighted by molar-refractivity contribution is -0.123. The Hall–Kier alpha value is -1.56. The topological polar surface area (TPSA) is 50.4 Å². The Labute approximate surface area is 144 Å². The van der Waals surface area contributed by atoms with Gasteiger partial charge in [-0.05, 0) is 42.5 Å². The van der Waals surface area contributed by atoms with Crippen molar-refractivity contribution in [1.82, 2.24) is 5.32 Å². The number of fused-ring (bicyclic) bond motifs is 1. The van der Waals surface area contributed by atoms with Crippen molar-refractivity contribution in [3.8, 4) is 5.75 Å². The molecule has 0 radical (unpaired) electrons. The van der Waals surface area contributed by atoms with Gasteiger partial charge in [0.15, 0.2) is 6.10 Å². The van der Waals surface area contributed by atoms with Crippen molar-refractivity contribution in [3.63, 3.8) is 0 Å². The van der Waals surface area contributed by atoms with Crippen LogP contribution in [0.2, 0.25) is 5.02 Å². The largest absolute Gasteiger partial charge is 0.478 e. The van der Waals surface area contributed by atoms with Gasteiger partial charge in [0.1, 0.15) is 5.75 Å². The molecule has 0 fully saturated rings. The Morgan fingerprint density at radius 1 is 1.43 bits per heavy atom. The third kappa shape index (κ3) is 3.52. The van der Waals surface area contributed by atoms with Gasteiger partial charge in [-0.1, -0.05) is 24.6 Å². The van der Waals surface area contributed by atoms with Crippen molar-refractivity contribution in [3.05, 3.63) is 45.1 Å². The Balaban J connectivity index is 1.71. The zero-order valence-corrected chi connectivity index (χ0v) is 14.6. The molecular formula is C17H19ClN2O2S. The summed E-state index contributed by atoms with van der Waals surface area (Å²) in [4.78, 5) is 12.9. The first kappa shape index (κ1) is 16.3. The molecule has 4 nitrogen and oxygen atoms in total. The number of anilines is 1. The van der Waals surface area contributed by atoms with Gasteiger partial charge in [-0.25, -0.2) is 0 Å². The molecule has 1 aliphatic rings. The summed E-state index contributed by atoms with van der Waals surface area (Å²) in [6, 6.07) is 7.95. The van der Waals surface area contributed by atoms with Gasteiger partial charge in [-0.3, -0.25) is 4.79 Å². The lowest BCUT2D eigenvalue weighted by Crippen LogP contribution is -2.36. The summed E-state index contributed by atoms with van der Waals surface area (Å²) in [6.07, 6.45) is 0.242. The van der Waals surface area contributed by atoms with E-state index >= 15 is 0 Å². The van der Waals surface area contributed by atoms with E-state index < -0.39 is 6.10 Å². The molecule has 2 atom stereocenters. The normalized spacial score (nSPS) is 18.0. The Bertz CT molecular complexity index is 716. The molecule has 1 aliphatic heterocycles. The van der Waals surface area contributed by atoms with Crippen LogP contribution < -0.4 is 15.4 Å². The van der Waals surface area contributed by atoms with Crippen molar-refractivity contribution in [2.45, 2.75) is 39.0 Å². The van der Waals surface area contributed by atoms with Gasteiger partial charge in [0, 0.05) is 17.5 Å². The molecule has 0 unspecified atom stereocenters. The molecule has 23 heavy (non-hydrogen) atoms. The standard InChI is InChI=1S/C17H19ClN2O2S/c1-3-14-17(21)20-13-5-4-11(8-15(13)22-14)10(2)19-9-16-12(18)6-7-23-16/h4-8,10,14,19H,3,9H2,1-2H3,(H,20,21)/t10-,14+/m1/s1. The molecule has 2 aromatic rings. The van der Waals surface area contributed by atoms with E-state index in [1.54, 1.807) is 11.3 Å². The fraction of sp³-hybridized carbons (Fsp3) is 0.353. The molecule has 2 heterocycles. The van der Waals surface area contributed by atoms with Crippen LogP contribution in [0.3, 0.4) is 0 Å². The number of benzene rings is 1. The number of carbonyl (C=O) groups is 1. The number of ether oxygens (including phenoxy) is 1. The van der Waals surface area contributed by atoms with E-state index in [0.29, 0.717) is 6.42 Å². The van der Waals surface area contributed by atoms with Crippen molar-refractivity contribution < 1.29 is 9.53 Å². The predicted molar refractivity (Wildman–Crippen MR) is 94.4 cm³/mol. The first-order chi connectivity index (χ1) is 11.1. The second kappa shape index (κ2) is 6.91. The minimum absolute atomic E-state index is 0.0775. The highest BCUT2D eigenvalue weighted by atomic mass is 35.5. The van der Waals surface area contributed by atoms with E-state index in [2.05, 4.69) is 17.6 Å². The molecule has 0 aliphatic carbocycles. The van der Waals surface area contributed by atoms with E-state index in [4.69, 9.17) is 16.3 Å². The molecule has 6 heteroatoms. The van der Waals surface area contributed by atoms with Crippen molar-refractivity contribution >= 4 is 34.5 Å². The second-order valence-corrected chi connectivity index (χ2v) is 6.96. The van der Waals surface area contributed by atoms with E-state index in [0.717, 1.165) is 33.4 Å². The highest BCUT2D eigenvalue weighted by Crippen LogP contribution is 2.33. The van der Waals surface area contributed by atoms with Crippen LogP contribution in [-0.4, -0.2) is 12.0 Å². The second-order valence-electron chi connectivity index (χ2n) is 5.55. The number of halogens is 1. The maximum absolute atomic E-state index is 11.8. The summed E-state index contributed by atoms with van der Waals surface area (Å²) in [5, 5.41) is 9.15. The van der Waals surface area contributed by atoms with Gasteiger partial charge >= 0.3 is 0 Å². The molecule has 1 aromatic heterocycles. The summed E-state index contributed by atoms with van der Waals surface area (Å²) >= 11 is 7.77. The quantitative estimate of drug-likeness (QED) is 0.842. The van der Waals surface area contributed by atoms with E-state index in [1.807, 2.05) is 36.6 Å². The molecule has 0 saturated carbocycles. The lowest BCUT2D eigenvalue weighted by Gasteiger charge is -2.26. The molecule has 0 spiro atoms. The minimum Gasteiger partial charge on any atom is -0.478 e. The zero-order chi connectivity index (χ0) is 16.4. The average molecular weight is 351 g/mol. The Morgan fingerprint density at radius 3 is 2.96 bits per heavy atom. The molecule has 2 N–H and O–H groups in total. The van der Waals surface area contributed by atoms with Gasteiger partial charge in [0.2, 0.25) is 0 Å². The molecule has 1 aromatic carbocycles. The highest BCUT2D eigenvalue weighted by molar-refractivity contribution is 7.10. The zero-order valence-electron chi connectivity index (χ0n) is 13.1. The number of thiophene rings is 1. The summed E-state index contributed by atoms with van der Waals surface area (Å²) in [6.45, 7) is 4.76. The van der Waals surface area contributed by atoms with Gasteiger partial charge in [-0.15, -0.1) is 11.3 Å². The van der Waals surface area contributed by atoms with Crippen molar-refractivity contribution in [2.75, 3.05) is 5.32 Å². The van der Waals surface area contributed by atoms with Crippen LogP contribution >= 0.6 is 22.9 Å². The number of nitrogens with one attached hydrogen (secondary N) is 2. The van der Waals surface area contributed by atoms with Crippen LogP contribution in [0, 0.1) is 0 Å². The molecule has 122 valence electrons. The summed E-state index contributed by atoms with van der Waals surface area (Å²) in [7, 11) is 0. The van der Waals surface area contributed by atoms with Gasteiger partial charge in [-0.2, -0.15) is 0 Å². The molecular weight excluding hydrogens is 332 g/mol. The van der Waals surface area contributed by atoms with Crippen molar-refractivity contribution in [2.24, 2.45) is 0 Å². The van der Waals surface area contributed by atoms with E-state index in [1.165, 1.54) is 0 Å². The number of amides is 1. The monoisotopic (exact) mass is 350 g/mol. The molecule has 0 saturated heterocycles. The van der Waals surface area contributed by atoms with Gasteiger partial charge in [0.05, 0.1) is 10.7 Å². The van der Waals surface area contributed by atoms with E-state index in [-0.39, 0.29) is 11.9 Å². The summed E-state index contributed by atoms with van der Waals surface area (Å²) in [5.74, 6) is 0.656. The number of rotatable bonds is 5. The van der Waals surface area contributed by atoms with Crippen LogP contribution in [0.5, 0.6) is 5.75 Å². The highest BCUT2D eigenvalue weighted by Gasteiger charge is 2.26. The van der Waals surface area contributed by atoms with Crippen LogP contribution in [0.4, 0.5) is 5.69 Å². The lowest BCUT2D eigenvalue weighted by atomic mass is 10.1. The average Bonchev–Trinajstić information content (AvgIpc) is 2.96. The Kier molecular flexibility index (Phi) is 4.90. The van der Waals surface area contributed by atoms with Crippen LogP contribution in [-0.2, 0) is 11.3 Å². The van der Waals surface area contributed by atoms with Crippen LogP contribution in [0.25, 0.3) is 0 Å². The SMILES string of the molecule is CC[C@@H]1Oc2cc([C@@H](C)NCc3sccc3Cl)ccc2NC1=O. The maximum atomic E-state index is 11.8. The predicted octanol–water partition coefficient (Wildman–Crippen LogP) is 4.36. The smallest absolute Gasteiger partial charge is 0.265 e. The maximum Gasteiger partial charge on any atom is 0.265 e. The van der Waals surface area contributed by atoms with Crippen molar-refractivity contribution in [1.29, 1.82) is 0 Å². The molecule has 1 amide bonds. The van der Waals surface area contributed by atoms with Crippen LogP contribution in [0.1, 0.15) is 36.8 Å². The first-order valence-corrected chi connectivity index (χ1v) is 8.91. The van der Waals surface area contributed by atoms with Crippen LogP contribution in [0.15, 0.2) is 29.6 Å². The first-order valence-electron chi connectivity index (χ1n) is 7.65. The number of carbonyl (C=O) groups excluding carboxylic acids is 1. The Morgan fingerprint density at radius 2 is 2.26 bits per heavy atom. The van der Waals surface area contributed by atoms with Gasteiger partial charge < -0.3 is 15.4 Å². The van der Waals surface area contributed by atoms with Gasteiger partial charge in [0.25, 0.3) is 5.91 Å². The third-order valence-electron chi connectivity index (χ3n) is 3.96. The molecule has 0 bridgehead atoms. The summed E-state index contributed by atoms with van der Waals surface area (Å²) in [5.41, 5.74) is 1.85. The van der Waals surface area contributed by atoms with E-state index in [9.17, 15) is 4.79 Å². The molecule has 3 rings (SSSR count). The fourth-order valence-corrected chi connectivity index (χ4v) is 3.57. The third-order valence-corrected chi connectivity index (χ3v) is 5.34.